The van der Waals surface area contributed by atoms with Gasteiger partial charge in [0.2, 0.25) is 0 Å². The number of hydrogen-bond acceptors (Lipinski definition) is 2. The predicted octanol–water partition coefficient (Wildman–Crippen LogP) is 4.45. The van der Waals surface area contributed by atoms with Crippen molar-refractivity contribution in [3.8, 4) is 0 Å². The van der Waals surface area contributed by atoms with Crippen LogP contribution in [0.25, 0.3) is 0 Å². The maximum absolute atomic E-state index is 12.9. The van der Waals surface area contributed by atoms with Gasteiger partial charge in [-0.15, -0.1) is 0 Å². The number of nitrogens with zero attached hydrogens (tertiary/aromatic N) is 1. The van der Waals surface area contributed by atoms with Crippen LogP contribution >= 0.6 is 0 Å². The zero-order valence-electron chi connectivity index (χ0n) is 14.0. The van der Waals surface area contributed by atoms with E-state index in [9.17, 15) is 10.0 Å². The molecule has 1 aliphatic rings. The zero-order chi connectivity index (χ0) is 16.6. The van der Waals surface area contributed by atoms with Gasteiger partial charge >= 0.3 is 0 Å². The summed E-state index contributed by atoms with van der Waals surface area (Å²) < 4.78 is 0. The first-order valence-electron chi connectivity index (χ1n) is 8.17. The fourth-order valence-electron chi connectivity index (χ4n) is 3.77. The summed E-state index contributed by atoms with van der Waals surface area (Å²) in [6.45, 7) is 5.88. The van der Waals surface area contributed by atoms with E-state index >= 15 is 0 Å². The molecule has 1 N–H and O–H groups in total. The summed E-state index contributed by atoms with van der Waals surface area (Å²) in [5, 5.41) is 11.5. The van der Waals surface area contributed by atoms with Gasteiger partial charge in [-0.05, 0) is 62.3 Å². The standard InChI is InChI=1S/C20H23NO2/c1-13-11-14(2)19(15(3)12-13)21(23)20(22)18-10-6-8-16-7-4-5-9-17(16)18/h4-5,7,9,11-12,18,23H,6,8,10H2,1-3H3. The Kier molecular flexibility index (Phi) is 4.22. The summed E-state index contributed by atoms with van der Waals surface area (Å²) in [7, 11) is 0. The molecule has 0 bridgehead atoms. The van der Waals surface area contributed by atoms with E-state index < -0.39 is 0 Å². The molecule has 3 nitrogen and oxygen atoms in total. The number of benzene rings is 2. The van der Waals surface area contributed by atoms with Crippen molar-refractivity contribution in [2.75, 3.05) is 5.06 Å². The molecule has 3 rings (SSSR count). The van der Waals surface area contributed by atoms with Gasteiger partial charge in [0.05, 0.1) is 11.6 Å². The monoisotopic (exact) mass is 309 g/mol. The molecule has 1 aliphatic carbocycles. The molecule has 0 radical (unpaired) electrons. The van der Waals surface area contributed by atoms with Crippen molar-refractivity contribution in [1.29, 1.82) is 0 Å². The molecule has 2 aromatic rings. The number of carbonyl (C=O) groups is 1. The van der Waals surface area contributed by atoms with Crippen molar-refractivity contribution in [3.05, 3.63) is 64.2 Å². The molecule has 23 heavy (non-hydrogen) atoms. The predicted molar refractivity (Wildman–Crippen MR) is 92.0 cm³/mol. The van der Waals surface area contributed by atoms with E-state index in [1.54, 1.807) is 0 Å². The van der Waals surface area contributed by atoms with Gasteiger partial charge in [0.1, 0.15) is 0 Å². The Morgan fingerprint density at radius 1 is 1.13 bits per heavy atom. The van der Waals surface area contributed by atoms with Gasteiger partial charge in [-0.25, -0.2) is 0 Å². The summed E-state index contributed by atoms with van der Waals surface area (Å²) in [6, 6.07) is 12.1. The van der Waals surface area contributed by atoms with Crippen molar-refractivity contribution in [2.45, 2.75) is 46.0 Å². The number of hydroxylamine groups is 1. The van der Waals surface area contributed by atoms with E-state index in [4.69, 9.17) is 0 Å². The molecule has 3 heteroatoms. The number of rotatable bonds is 2. The van der Waals surface area contributed by atoms with Gasteiger partial charge in [0.25, 0.3) is 5.91 Å². The highest BCUT2D eigenvalue weighted by molar-refractivity contribution is 5.97. The number of hydrogen-bond donors (Lipinski definition) is 1. The lowest BCUT2D eigenvalue weighted by Gasteiger charge is -2.29. The molecule has 2 aromatic carbocycles. The number of fused-ring (bicyclic) bond motifs is 1. The number of anilines is 1. The largest absolute Gasteiger partial charge is 0.281 e. The highest BCUT2D eigenvalue weighted by atomic mass is 16.5. The minimum absolute atomic E-state index is 0.229. The minimum atomic E-state index is -0.259. The Bertz CT molecular complexity index is 728. The fourth-order valence-corrected chi connectivity index (χ4v) is 3.77. The Balaban J connectivity index is 1.96. The second-order valence-electron chi connectivity index (χ2n) is 6.54. The molecule has 0 fully saturated rings. The minimum Gasteiger partial charge on any atom is -0.281 e. The second-order valence-corrected chi connectivity index (χ2v) is 6.54. The lowest BCUT2D eigenvalue weighted by molar-refractivity contribution is -0.125. The average Bonchev–Trinajstić information content (AvgIpc) is 2.52. The normalized spacial score (nSPS) is 16.8. The van der Waals surface area contributed by atoms with Gasteiger partial charge < -0.3 is 0 Å². The van der Waals surface area contributed by atoms with Crippen LogP contribution in [0.15, 0.2) is 36.4 Å². The van der Waals surface area contributed by atoms with E-state index in [2.05, 4.69) is 6.07 Å². The molecule has 1 amide bonds. The Hall–Kier alpha value is -2.13. The lowest BCUT2D eigenvalue weighted by atomic mass is 9.82. The quantitative estimate of drug-likeness (QED) is 0.657. The molecule has 0 spiro atoms. The van der Waals surface area contributed by atoms with Crippen LogP contribution in [0.5, 0.6) is 0 Å². The van der Waals surface area contributed by atoms with E-state index in [1.165, 1.54) is 5.56 Å². The Morgan fingerprint density at radius 3 is 2.48 bits per heavy atom. The molecule has 0 saturated heterocycles. The first-order chi connectivity index (χ1) is 11.0. The molecule has 0 aromatic heterocycles. The topological polar surface area (TPSA) is 40.5 Å². The third-order valence-corrected chi connectivity index (χ3v) is 4.72. The van der Waals surface area contributed by atoms with Crippen molar-refractivity contribution < 1.29 is 10.0 Å². The molecule has 120 valence electrons. The average molecular weight is 309 g/mol. The third-order valence-electron chi connectivity index (χ3n) is 4.72. The summed E-state index contributed by atoms with van der Waals surface area (Å²) in [4.78, 5) is 12.9. The van der Waals surface area contributed by atoms with Crippen molar-refractivity contribution in [3.63, 3.8) is 0 Å². The van der Waals surface area contributed by atoms with Crippen molar-refractivity contribution >= 4 is 11.6 Å². The maximum atomic E-state index is 12.9. The van der Waals surface area contributed by atoms with Crippen molar-refractivity contribution in [1.82, 2.24) is 0 Å². The Morgan fingerprint density at radius 2 is 1.78 bits per heavy atom. The highest BCUT2D eigenvalue weighted by Crippen LogP contribution is 2.35. The third kappa shape index (κ3) is 2.89. The van der Waals surface area contributed by atoms with E-state index in [0.29, 0.717) is 5.69 Å². The van der Waals surface area contributed by atoms with Gasteiger partial charge in [-0.1, -0.05) is 42.0 Å². The van der Waals surface area contributed by atoms with Crippen LogP contribution in [0.4, 0.5) is 5.69 Å². The molecular formula is C20H23NO2. The van der Waals surface area contributed by atoms with Crippen LogP contribution in [0, 0.1) is 20.8 Å². The highest BCUT2D eigenvalue weighted by Gasteiger charge is 2.31. The molecule has 0 saturated carbocycles. The van der Waals surface area contributed by atoms with E-state index in [1.807, 2.05) is 51.1 Å². The first-order valence-corrected chi connectivity index (χ1v) is 8.17. The number of carbonyl (C=O) groups excluding carboxylic acids is 1. The van der Waals surface area contributed by atoms with Crippen LogP contribution in [-0.2, 0) is 11.2 Å². The first kappa shape index (κ1) is 15.8. The molecule has 0 heterocycles. The summed E-state index contributed by atoms with van der Waals surface area (Å²) in [5.74, 6) is -0.489. The molecular weight excluding hydrogens is 286 g/mol. The Labute approximate surface area is 137 Å². The molecule has 1 atom stereocenters. The van der Waals surface area contributed by atoms with Gasteiger partial charge in [-0.3, -0.25) is 10.0 Å². The van der Waals surface area contributed by atoms with E-state index in [-0.39, 0.29) is 11.8 Å². The maximum Gasteiger partial charge on any atom is 0.258 e. The summed E-state index contributed by atoms with van der Waals surface area (Å²) in [5.41, 5.74) is 5.87. The second kappa shape index (κ2) is 6.17. The van der Waals surface area contributed by atoms with Crippen LogP contribution in [0.2, 0.25) is 0 Å². The van der Waals surface area contributed by atoms with Gasteiger partial charge in [0, 0.05) is 0 Å². The smallest absolute Gasteiger partial charge is 0.258 e. The van der Waals surface area contributed by atoms with Crippen LogP contribution < -0.4 is 5.06 Å². The van der Waals surface area contributed by atoms with E-state index in [0.717, 1.165) is 46.6 Å². The van der Waals surface area contributed by atoms with Crippen LogP contribution in [0.1, 0.15) is 46.6 Å². The molecule has 0 aliphatic heterocycles. The molecule has 1 unspecified atom stereocenters. The number of amides is 1. The zero-order valence-corrected chi connectivity index (χ0v) is 14.0. The number of aryl methyl sites for hydroxylation is 4. The van der Waals surface area contributed by atoms with Crippen LogP contribution in [-0.4, -0.2) is 11.1 Å². The SMILES string of the molecule is Cc1cc(C)c(N(O)C(=O)C2CCCc3ccccc32)c(C)c1. The van der Waals surface area contributed by atoms with Crippen LogP contribution in [0.3, 0.4) is 0 Å². The van der Waals surface area contributed by atoms with Crippen molar-refractivity contribution in [2.24, 2.45) is 0 Å². The summed E-state index contributed by atoms with van der Waals surface area (Å²) in [6.07, 6.45) is 2.78. The van der Waals surface area contributed by atoms with Gasteiger partial charge in [-0.2, -0.15) is 5.06 Å². The summed E-state index contributed by atoms with van der Waals surface area (Å²) >= 11 is 0. The fraction of sp³-hybridized carbons (Fsp3) is 0.350. The van der Waals surface area contributed by atoms with Gasteiger partial charge in [0.15, 0.2) is 0 Å². The lowest BCUT2D eigenvalue weighted by Crippen LogP contribution is -2.34.